The van der Waals surface area contributed by atoms with Gasteiger partial charge in [0.25, 0.3) is 5.91 Å². The summed E-state index contributed by atoms with van der Waals surface area (Å²) >= 11 is 0. The summed E-state index contributed by atoms with van der Waals surface area (Å²) in [5, 5.41) is 2.25. The largest absolute Gasteiger partial charge is 0.308 e. The lowest BCUT2D eigenvalue weighted by Crippen LogP contribution is -2.25. The molecule has 1 N–H and O–H groups in total. The molecule has 0 spiro atoms. The van der Waals surface area contributed by atoms with Gasteiger partial charge >= 0.3 is 0 Å². The van der Waals surface area contributed by atoms with E-state index in [-0.39, 0.29) is 16.6 Å². The number of rotatable bonds is 8. The second-order valence-electron chi connectivity index (χ2n) is 6.21. The summed E-state index contributed by atoms with van der Waals surface area (Å²) in [6.45, 7) is 5.95. The fourth-order valence-electron chi connectivity index (χ4n) is 3.37. The molecule has 0 aromatic heterocycles. The third kappa shape index (κ3) is 3.01. The van der Waals surface area contributed by atoms with Crippen LogP contribution < -0.4 is 9.62 Å². The summed E-state index contributed by atoms with van der Waals surface area (Å²) in [4.78, 5) is 15.6. The van der Waals surface area contributed by atoms with E-state index in [1.165, 1.54) is 30.6 Å². The SMILES string of the molecule is C=S(NCCCCCC)c1ccc2c3c(cccc13)C(=O)N2CC. The summed E-state index contributed by atoms with van der Waals surface area (Å²) in [5.74, 6) is 4.45. The Morgan fingerprint density at radius 2 is 1.96 bits per heavy atom. The number of amides is 1. The molecule has 1 aliphatic rings. The van der Waals surface area contributed by atoms with Crippen molar-refractivity contribution >= 4 is 38.9 Å². The first-order valence-electron chi connectivity index (χ1n) is 8.84. The number of nitrogens with zero attached hydrogens (tertiary/aromatic N) is 1. The Balaban J connectivity index is 1.88. The van der Waals surface area contributed by atoms with Crippen molar-refractivity contribution in [1.29, 1.82) is 0 Å². The van der Waals surface area contributed by atoms with Gasteiger partial charge in [-0.2, -0.15) is 0 Å². The summed E-state index contributed by atoms with van der Waals surface area (Å²) in [6.07, 6.45) is 5.01. The normalized spacial score (nSPS) is 14.6. The first-order valence-corrected chi connectivity index (χ1v) is 10.2. The zero-order valence-electron chi connectivity index (χ0n) is 14.6. The highest BCUT2D eigenvalue weighted by Gasteiger charge is 2.29. The number of carbonyl (C=O) groups excluding carboxylic acids is 1. The molecule has 1 aliphatic heterocycles. The van der Waals surface area contributed by atoms with Gasteiger partial charge in [-0.3, -0.25) is 9.52 Å². The molecule has 2 aromatic carbocycles. The van der Waals surface area contributed by atoms with Crippen molar-refractivity contribution in [1.82, 2.24) is 4.72 Å². The zero-order chi connectivity index (χ0) is 17.1. The van der Waals surface area contributed by atoms with Crippen LogP contribution >= 0.6 is 10.7 Å². The van der Waals surface area contributed by atoms with Crippen molar-refractivity contribution in [2.75, 3.05) is 18.0 Å². The summed E-state index contributed by atoms with van der Waals surface area (Å²) in [7, 11) is -0.256. The van der Waals surface area contributed by atoms with Crippen LogP contribution in [-0.4, -0.2) is 24.9 Å². The van der Waals surface area contributed by atoms with Gasteiger partial charge in [-0.25, -0.2) is 0 Å². The van der Waals surface area contributed by atoms with Gasteiger partial charge in [0, 0.05) is 28.9 Å². The van der Waals surface area contributed by atoms with E-state index in [1.807, 2.05) is 24.0 Å². The minimum absolute atomic E-state index is 0.117. The Labute approximate surface area is 147 Å². The molecule has 1 unspecified atom stereocenters. The molecule has 0 saturated carbocycles. The lowest BCUT2D eigenvalue weighted by Gasteiger charge is -2.16. The maximum absolute atomic E-state index is 12.6. The van der Waals surface area contributed by atoms with Gasteiger partial charge in [-0.15, -0.1) is 0 Å². The summed E-state index contributed by atoms with van der Waals surface area (Å²) in [6, 6.07) is 10.3. The first-order chi connectivity index (χ1) is 11.7. The molecule has 1 atom stereocenters. The number of hydrogen-bond acceptors (Lipinski definition) is 2. The lowest BCUT2D eigenvalue weighted by molar-refractivity contribution is 0.0994. The van der Waals surface area contributed by atoms with Crippen molar-refractivity contribution in [2.45, 2.75) is 44.4 Å². The number of unbranched alkanes of at least 4 members (excludes halogenated alkanes) is 3. The Kier molecular flexibility index (Phi) is 5.36. The van der Waals surface area contributed by atoms with Crippen LogP contribution in [0.1, 0.15) is 49.9 Å². The standard InChI is InChI=1S/C20H26N2OS/c1-4-6-7-8-14-21-24(3)18-13-12-17-19-15(18)10-9-11-16(19)20(23)22(17)5-2/h9-13,21H,3-8,14H2,1-2H3. The van der Waals surface area contributed by atoms with Gasteiger partial charge in [-0.1, -0.05) is 54.9 Å². The Hall–Kier alpha value is -1.65. The van der Waals surface area contributed by atoms with Gasteiger partial charge < -0.3 is 4.90 Å². The average molecular weight is 343 g/mol. The molecule has 4 heteroatoms. The highest BCUT2D eigenvalue weighted by Crippen LogP contribution is 2.41. The number of benzene rings is 2. The van der Waals surface area contributed by atoms with Crippen LogP contribution in [-0.2, 0) is 0 Å². The average Bonchev–Trinajstić information content (AvgIpc) is 2.88. The van der Waals surface area contributed by atoms with Crippen LogP contribution in [0, 0.1) is 0 Å². The van der Waals surface area contributed by atoms with Gasteiger partial charge in [0.15, 0.2) is 0 Å². The lowest BCUT2D eigenvalue weighted by atomic mass is 10.1. The number of nitrogens with one attached hydrogen (secondary N) is 1. The molecule has 128 valence electrons. The maximum Gasteiger partial charge on any atom is 0.258 e. The van der Waals surface area contributed by atoms with Gasteiger partial charge in [0.2, 0.25) is 0 Å². The molecule has 1 amide bonds. The fraction of sp³-hybridized carbons (Fsp3) is 0.400. The van der Waals surface area contributed by atoms with E-state index in [0.717, 1.165) is 28.6 Å². The molecule has 0 radical (unpaired) electrons. The van der Waals surface area contributed by atoms with Crippen molar-refractivity contribution in [3.05, 3.63) is 35.9 Å². The van der Waals surface area contributed by atoms with Crippen LogP contribution in [0.25, 0.3) is 10.8 Å². The molecular weight excluding hydrogens is 316 g/mol. The molecule has 0 aliphatic carbocycles. The summed E-state index contributed by atoms with van der Waals surface area (Å²) in [5.41, 5.74) is 1.86. The quantitative estimate of drug-likeness (QED) is 0.543. The molecule has 3 nitrogen and oxygen atoms in total. The van der Waals surface area contributed by atoms with Crippen LogP contribution in [0.2, 0.25) is 0 Å². The molecule has 0 fully saturated rings. The molecule has 0 bridgehead atoms. The van der Waals surface area contributed by atoms with E-state index in [9.17, 15) is 4.79 Å². The maximum atomic E-state index is 12.6. The van der Waals surface area contributed by atoms with Crippen LogP contribution in [0.3, 0.4) is 0 Å². The fourth-order valence-corrected chi connectivity index (χ4v) is 4.59. The van der Waals surface area contributed by atoms with Crippen molar-refractivity contribution in [3.63, 3.8) is 0 Å². The Morgan fingerprint density at radius 3 is 2.71 bits per heavy atom. The van der Waals surface area contributed by atoms with Gasteiger partial charge in [-0.05, 0) is 36.9 Å². The minimum Gasteiger partial charge on any atom is -0.308 e. The van der Waals surface area contributed by atoms with E-state index in [1.54, 1.807) is 0 Å². The van der Waals surface area contributed by atoms with Crippen molar-refractivity contribution < 1.29 is 4.79 Å². The molecule has 1 heterocycles. The second-order valence-corrected chi connectivity index (χ2v) is 7.72. The predicted octanol–water partition coefficient (Wildman–Crippen LogP) is 4.96. The van der Waals surface area contributed by atoms with Crippen molar-refractivity contribution in [3.8, 4) is 0 Å². The predicted molar refractivity (Wildman–Crippen MR) is 106 cm³/mol. The molecule has 2 aromatic rings. The van der Waals surface area contributed by atoms with Crippen molar-refractivity contribution in [2.24, 2.45) is 0 Å². The molecule has 3 rings (SSSR count). The zero-order valence-corrected chi connectivity index (χ0v) is 15.4. The van der Waals surface area contributed by atoms with Gasteiger partial charge in [0.1, 0.15) is 0 Å². The van der Waals surface area contributed by atoms with E-state index in [0.29, 0.717) is 6.54 Å². The van der Waals surface area contributed by atoms with E-state index in [2.05, 4.69) is 35.7 Å². The Bertz CT molecular complexity index is 785. The molecule has 24 heavy (non-hydrogen) atoms. The van der Waals surface area contributed by atoms with Gasteiger partial charge in [0.05, 0.1) is 5.69 Å². The number of anilines is 1. The van der Waals surface area contributed by atoms with E-state index < -0.39 is 0 Å². The van der Waals surface area contributed by atoms with Crippen LogP contribution in [0.4, 0.5) is 5.69 Å². The number of hydrogen-bond donors (Lipinski definition) is 1. The van der Waals surface area contributed by atoms with Crippen LogP contribution in [0.5, 0.6) is 0 Å². The third-order valence-electron chi connectivity index (χ3n) is 4.63. The Morgan fingerprint density at radius 1 is 1.12 bits per heavy atom. The van der Waals surface area contributed by atoms with Crippen LogP contribution in [0.15, 0.2) is 35.2 Å². The third-order valence-corrected chi connectivity index (χ3v) is 6.07. The summed E-state index contributed by atoms with van der Waals surface area (Å²) < 4.78 is 3.56. The first kappa shape index (κ1) is 17.2. The monoisotopic (exact) mass is 342 g/mol. The highest BCUT2D eigenvalue weighted by atomic mass is 32.2. The molecule has 0 saturated heterocycles. The topological polar surface area (TPSA) is 32.3 Å². The van der Waals surface area contributed by atoms with E-state index in [4.69, 9.17) is 0 Å². The van der Waals surface area contributed by atoms with E-state index >= 15 is 0 Å². The molecular formula is C20H26N2OS. The second kappa shape index (κ2) is 7.49. The number of carbonyl (C=O) groups is 1. The smallest absolute Gasteiger partial charge is 0.258 e. The highest BCUT2D eigenvalue weighted by molar-refractivity contribution is 8.12. The minimum atomic E-state index is -0.256.